The van der Waals surface area contributed by atoms with Crippen LogP contribution >= 0.6 is 0 Å². The molecule has 3 heterocycles. The Balaban J connectivity index is 1.61. The summed E-state index contributed by atoms with van der Waals surface area (Å²) in [6.07, 6.45) is 4.38. The van der Waals surface area contributed by atoms with Crippen LogP contribution in [0.25, 0.3) is 11.0 Å². The van der Waals surface area contributed by atoms with E-state index in [0.29, 0.717) is 17.4 Å². The van der Waals surface area contributed by atoms with Crippen LogP contribution in [0, 0.1) is 17.0 Å². The third-order valence-corrected chi connectivity index (χ3v) is 5.40. The highest BCUT2D eigenvalue weighted by molar-refractivity contribution is 5.76. The molecule has 1 aliphatic rings. The number of hydrogen-bond acceptors (Lipinski definition) is 5. The van der Waals surface area contributed by atoms with Crippen LogP contribution < -0.4 is 4.90 Å². The largest absolute Gasteiger partial charge is 0.351 e. The Kier molecular flexibility index (Phi) is 4.51. The van der Waals surface area contributed by atoms with Crippen LogP contribution in [0.1, 0.15) is 37.2 Å². The number of aryl methyl sites for hydroxylation is 2. The summed E-state index contributed by atoms with van der Waals surface area (Å²) in [6.45, 7) is 5.39. The minimum atomic E-state index is -0.317. The Bertz CT molecular complexity index is 989. The van der Waals surface area contributed by atoms with Gasteiger partial charge in [0.25, 0.3) is 0 Å². The number of nitro groups is 1. The van der Waals surface area contributed by atoms with E-state index in [1.54, 1.807) is 19.2 Å². The van der Waals surface area contributed by atoms with Gasteiger partial charge < -0.3 is 9.47 Å². The van der Waals surface area contributed by atoms with Crippen molar-refractivity contribution in [3.8, 4) is 0 Å². The highest BCUT2D eigenvalue weighted by atomic mass is 16.6. The predicted octanol–water partition coefficient (Wildman–Crippen LogP) is 4.05. The van der Waals surface area contributed by atoms with Crippen molar-refractivity contribution in [2.75, 3.05) is 18.0 Å². The first-order valence-corrected chi connectivity index (χ1v) is 9.41. The van der Waals surface area contributed by atoms with Gasteiger partial charge in [-0.1, -0.05) is 19.1 Å². The van der Waals surface area contributed by atoms with E-state index in [2.05, 4.69) is 34.7 Å². The lowest BCUT2D eigenvalue weighted by molar-refractivity contribution is -0.384. The molecule has 7 nitrogen and oxygen atoms in total. The third-order valence-electron chi connectivity index (χ3n) is 5.40. The molecule has 0 aliphatic carbocycles. The van der Waals surface area contributed by atoms with Gasteiger partial charge in [0.1, 0.15) is 5.82 Å². The molecule has 2 aromatic heterocycles. The van der Waals surface area contributed by atoms with Crippen LogP contribution in [0.15, 0.2) is 36.5 Å². The highest BCUT2D eigenvalue weighted by Crippen LogP contribution is 2.34. The molecule has 0 radical (unpaired) electrons. The number of hydrogen-bond donors (Lipinski definition) is 0. The van der Waals surface area contributed by atoms with E-state index in [9.17, 15) is 10.1 Å². The molecule has 1 saturated heterocycles. The van der Waals surface area contributed by atoms with Gasteiger partial charge in [-0.25, -0.2) is 9.97 Å². The second-order valence-corrected chi connectivity index (χ2v) is 7.02. The van der Waals surface area contributed by atoms with Crippen molar-refractivity contribution in [1.82, 2.24) is 14.5 Å². The fraction of sp³-hybridized carbons (Fsp3) is 0.400. The zero-order valence-corrected chi connectivity index (χ0v) is 15.6. The lowest BCUT2D eigenvalue weighted by Gasteiger charge is -2.34. The van der Waals surface area contributed by atoms with Crippen LogP contribution in [0.3, 0.4) is 0 Å². The van der Waals surface area contributed by atoms with E-state index in [1.165, 1.54) is 5.52 Å². The van der Waals surface area contributed by atoms with Crippen molar-refractivity contribution in [3.05, 3.63) is 58.0 Å². The van der Waals surface area contributed by atoms with E-state index in [1.807, 2.05) is 11.0 Å². The van der Waals surface area contributed by atoms with E-state index in [-0.39, 0.29) is 10.6 Å². The summed E-state index contributed by atoms with van der Waals surface area (Å²) in [6, 6.07) is 10.3. The number of nitrogens with zero attached hydrogens (tertiary/aromatic N) is 5. The number of anilines is 1. The second-order valence-electron chi connectivity index (χ2n) is 7.02. The van der Waals surface area contributed by atoms with Gasteiger partial charge in [0.15, 0.2) is 0 Å². The zero-order chi connectivity index (χ0) is 19.0. The average molecular weight is 365 g/mol. The normalized spacial score (nSPS) is 15.4. The van der Waals surface area contributed by atoms with Gasteiger partial charge in [-0.05, 0) is 38.0 Å². The van der Waals surface area contributed by atoms with Gasteiger partial charge in [-0.2, -0.15) is 0 Å². The molecule has 0 spiro atoms. The standard InChI is InChI=1S/C20H23N5O2/c1-3-18-22-16-6-4-5-7-17(16)24(18)15-9-12-23(13-10-15)20-19(25(26)27)14(2)8-11-21-20/h4-8,11,15H,3,9-10,12-13H2,1-2H3. The molecule has 27 heavy (non-hydrogen) atoms. The lowest BCUT2D eigenvalue weighted by Crippen LogP contribution is -2.36. The zero-order valence-electron chi connectivity index (χ0n) is 15.6. The molecule has 3 aromatic rings. The molecule has 0 unspecified atom stereocenters. The van der Waals surface area contributed by atoms with Gasteiger partial charge >= 0.3 is 5.69 Å². The number of rotatable bonds is 4. The molecule has 0 saturated carbocycles. The Morgan fingerprint density at radius 3 is 2.67 bits per heavy atom. The molecule has 1 aliphatic heterocycles. The third kappa shape index (κ3) is 3.03. The molecule has 1 fully saturated rings. The minimum absolute atomic E-state index is 0.123. The van der Waals surface area contributed by atoms with Crippen LogP contribution in [-0.2, 0) is 6.42 Å². The van der Waals surface area contributed by atoms with Crippen molar-refractivity contribution in [2.45, 2.75) is 39.2 Å². The number of benzene rings is 1. The second kappa shape index (κ2) is 6.98. The molecule has 0 amide bonds. The average Bonchev–Trinajstić information content (AvgIpc) is 3.06. The molecule has 1 aromatic carbocycles. The minimum Gasteiger partial charge on any atom is -0.351 e. The molecular weight excluding hydrogens is 342 g/mol. The van der Waals surface area contributed by atoms with Crippen molar-refractivity contribution < 1.29 is 4.92 Å². The summed E-state index contributed by atoms with van der Waals surface area (Å²) < 4.78 is 2.37. The summed E-state index contributed by atoms with van der Waals surface area (Å²) in [7, 11) is 0. The fourth-order valence-electron chi connectivity index (χ4n) is 4.08. The lowest BCUT2D eigenvalue weighted by atomic mass is 10.0. The Morgan fingerprint density at radius 2 is 1.96 bits per heavy atom. The quantitative estimate of drug-likeness (QED) is 0.515. The maximum atomic E-state index is 11.5. The maximum absolute atomic E-state index is 11.5. The van der Waals surface area contributed by atoms with Crippen LogP contribution in [0.4, 0.5) is 11.5 Å². The van der Waals surface area contributed by atoms with Gasteiger partial charge in [0.2, 0.25) is 5.82 Å². The van der Waals surface area contributed by atoms with E-state index in [0.717, 1.165) is 43.7 Å². The van der Waals surface area contributed by atoms with Crippen molar-refractivity contribution in [2.24, 2.45) is 0 Å². The number of aromatic nitrogens is 3. The first-order valence-electron chi connectivity index (χ1n) is 9.41. The topological polar surface area (TPSA) is 77.1 Å². The summed E-state index contributed by atoms with van der Waals surface area (Å²) in [5.41, 5.74) is 2.99. The van der Waals surface area contributed by atoms with Gasteiger partial charge in [-0.3, -0.25) is 10.1 Å². The highest BCUT2D eigenvalue weighted by Gasteiger charge is 2.29. The van der Waals surface area contributed by atoms with Gasteiger partial charge in [0.05, 0.1) is 16.0 Å². The fourth-order valence-corrected chi connectivity index (χ4v) is 4.08. The maximum Gasteiger partial charge on any atom is 0.314 e. The molecule has 0 atom stereocenters. The van der Waals surface area contributed by atoms with Crippen LogP contribution in [-0.4, -0.2) is 32.5 Å². The summed E-state index contributed by atoms with van der Waals surface area (Å²) in [4.78, 5) is 22.3. The van der Waals surface area contributed by atoms with E-state index in [4.69, 9.17) is 4.98 Å². The first-order chi connectivity index (χ1) is 13.1. The van der Waals surface area contributed by atoms with Crippen LogP contribution in [0.2, 0.25) is 0 Å². The Labute approximate surface area is 157 Å². The van der Waals surface area contributed by atoms with E-state index < -0.39 is 0 Å². The summed E-state index contributed by atoms with van der Waals surface area (Å²) >= 11 is 0. The van der Waals surface area contributed by atoms with E-state index >= 15 is 0 Å². The van der Waals surface area contributed by atoms with Crippen molar-refractivity contribution in [3.63, 3.8) is 0 Å². The molecule has 7 heteroatoms. The molecule has 0 bridgehead atoms. The van der Waals surface area contributed by atoms with Crippen molar-refractivity contribution >= 4 is 22.5 Å². The Hall–Kier alpha value is -2.96. The van der Waals surface area contributed by atoms with Gasteiger partial charge in [-0.15, -0.1) is 0 Å². The molecule has 4 rings (SSSR count). The molecule has 0 N–H and O–H groups in total. The Morgan fingerprint density at radius 1 is 1.22 bits per heavy atom. The summed E-state index contributed by atoms with van der Waals surface area (Å²) in [5.74, 6) is 1.60. The number of piperidine rings is 1. The number of fused-ring (bicyclic) bond motifs is 1. The predicted molar refractivity (Wildman–Crippen MR) is 105 cm³/mol. The SMILES string of the molecule is CCc1nc2ccccc2n1C1CCN(c2nccc(C)c2[N+](=O)[O-])CC1. The van der Waals surface area contributed by atoms with Gasteiger partial charge in [0, 0.05) is 37.3 Å². The number of pyridine rings is 1. The van der Waals surface area contributed by atoms with Crippen molar-refractivity contribution in [1.29, 1.82) is 0 Å². The summed E-state index contributed by atoms with van der Waals surface area (Å²) in [5, 5.41) is 11.5. The first kappa shape index (κ1) is 17.5. The van der Waals surface area contributed by atoms with Crippen LogP contribution in [0.5, 0.6) is 0 Å². The molecule has 140 valence electrons. The number of para-hydroxylation sites is 2. The smallest absolute Gasteiger partial charge is 0.314 e. The number of imidazole rings is 1. The molecular formula is C20H23N5O2. The monoisotopic (exact) mass is 365 g/mol.